The Labute approximate surface area is 151 Å². The predicted octanol–water partition coefficient (Wildman–Crippen LogP) is 4.32. The van der Waals surface area contributed by atoms with Gasteiger partial charge in [0.05, 0.1) is 0 Å². The monoisotopic (exact) mass is 352 g/mol. The first-order valence-electron chi connectivity index (χ1n) is 8.54. The molecule has 0 saturated carbocycles. The molecule has 5 nitrogen and oxygen atoms in total. The third kappa shape index (κ3) is 4.72. The maximum atomic E-state index is 12.3. The molecule has 1 heterocycles. The van der Waals surface area contributed by atoms with Gasteiger partial charge < -0.3 is 14.6 Å². The van der Waals surface area contributed by atoms with Crippen LogP contribution in [-0.4, -0.2) is 16.7 Å². The van der Waals surface area contributed by atoms with Gasteiger partial charge in [0.25, 0.3) is 0 Å². The van der Waals surface area contributed by atoms with Gasteiger partial charge in [0.2, 0.25) is 11.5 Å². The first-order chi connectivity index (χ1) is 12.6. The van der Waals surface area contributed by atoms with Gasteiger partial charge in [-0.15, -0.1) is 0 Å². The summed E-state index contributed by atoms with van der Waals surface area (Å²) in [5.41, 5.74) is 1.68. The van der Waals surface area contributed by atoms with E-state index in [-0.39, 0.29) is 35.9 Å². The number of carbonyl (C=O) groups excluding carboxylic acids is 2. The zero-order valence-electron chi connectivity index (χ0n) is 14.3. The maximum absolute atomic E-state index is 12.3. The topological polar surface area (TPSA) is 72.8 Å². The minimum atomic E-state index is -0.278. The van der Waals surface area contributed by atoms with Crippen LogP contribution < -0.4 is 0 Å². The molecule has 0 bridgehead atoms. The molecule has 0 aromatic heterocycles. The van der Waals surface area contributed by atoms with E-state index < -0.39 is 0 Å². The van der Waals surface area contributed by atoms with Crippen molar-refractivity contribution in [3.63, 3.8) is 0 Å². The Kier molecular flexibility index (Phi) is 5.69. The second kappa shape index (κ2) is 8.34. The van der Waals surface area contributed by atoms with Crippen LogP contribution in [0.2, 0.25) is 0 Å². The van der Waals surface area contributed by atoms with Gasteiger partial charge in [0, 0.05) is 24.8 Å². The SMILES string of the molecule is O=C(CCC(=O)c1ccc(O)cc1)C1=COC=C(CC2=CC=CCC2)O1. The molecule has 0 radical (unpaired) electrons. The first kappa shape index (κ1) is 17.7. The number of phenolic OH excluding ortho intramolecular Hbond substituents is 1. The molecule has 26 heavy (non-hydrogen) atoms. The van der Waals surface area contributed by atoms with E-state index in [1.54, 1.807) is 0 Å². The van der Waals surface area contributed by atoms with E-state index in [1.807, 2.05) is 12.2 Å². The second-order valence-electron chi connectivity index (χ2n) is 6.17. The fourth-order valence-corrected chi connectivity index (χ4v) is 2.73. The standard InChI is InChI=1S/C21H20O5/c22-17-8-6-16(7-9-17)19(23)10-11-20(24)21-14-25-13-18(26-21)12-15-4-2-1-3-5-15/h1-2,4,6-9,13-14,22H,3,5,10-12H2. The molecule has 0 amide bonds. The zero-order valence-corrected chi connectivity index (χ0v) is 14.3. The number of phenols is 1. The lowest BCUT2D eigenvalue weighted by Gasteiger charge is -2.17. The average molecular weight is 352 g/mol. The number of ketones is 2. The van der Waals surface area contributed by atoms with Gasteiger partial charge in [-0.3, -0.25) is 9.59 Å². The molecule has 1 aliphatic heterocycles. The van der Waals surface area contributed by atoms with Crippen LogP contribution in [0.4, 0.5) is 0 Å². The molecule has 0 atom stereocenters. The molecular weight excluding hydrogens is 332 g/mol. The van der Waals surface area contributed by atoms with E-state index in [9.17, 15) is 14.7 Å². The highest BCUT2D eigenvalue weighted by molar-refractivity contribution is 6.01. The Morgan fingerprint density at radius 3 is 2.54 bits per heavy atom. The number of aromatic hydroxyl groups is 1. The Morgan fingerprint density at radius 2 is 1.81 bits per heavy atom. The third-order valence-electron chi connectivity index (χ3n) is 4.16. The summed E-state index contributed by atoms with van der Waals surface area (Å²) in [4.78, 5) is 24.4. The number of allylic oxidation sites excluding steroid dienone is 5. The minimum absolute atomic E-state index is 0.0353. The van der Waals surface area contributed by atoms with E-state index >= 15 is 0 Å². The zero-order chi connectivity index (χ0) is 18.4. The number of benzene rings is 1. The van der Waals surface area contributed by atoms with Crippen LogP contribution in [-0.2, 0) is 14.3 Å². The minimum Gasteiger partial charge on any atom is -0.508 e. The summed E-state index contributed by atoms with van der Waals surface area (Å²) >= 11 is 0. The maximum Gasteiger partial charge on any atom is 0.204 e. The van der Waals surface area contributed by atoms with Crippen molar-refractivity contribution in [1.29, 1.82) is 0 Å². The molecule has 0 saturated heterocycles. The van der Waals surface area contributed by atoms with Crippen LogP contribution in [0.25, 0.3) is 0 Å². The lowest BCUT2D eigenvalue weighted by Crippen LogP contribution is -2.12. The van der Waals surface area contributed by atoms with E-state index in [4.69, 9.17) is 9.47 Å². The van der Waals surface area contributed by atoms with Gasteiger partial charge >= 0.3 is 0 Å². The molecule has 1 aromatic carbocycles. The van der Waals surface area contributed by atoms with E-state index in [0.717, 1.165) is 12.8 Å². The fraction of sp³-hybridized carbons (Fsp3) is 0.238. The number of rotatable bonds is 7. The van der Waals surface area contributed by atoms with Crippen LogP contribution in [0.15, 0.2) is 72.1 Å². The van der Waals surface area contributed by atoms with Crippen molar-refractivity contribution in [1.82, 2.24) is 0 Å². The summed E-state index contributed by atoms with van der Waals surface area (Å²) in [6, 6.07) is 5.97. The quantitative estimate of drug-likeness (QED) is 0.740. The molecule has 0 spiro atoms. The van der Waals surface area contributed by atoms with E-state index in [2.05, 4.69) is 6.08 Å². The van der Waals surface area contributed by atoms with Gasteiger partial charge in [-0.05, 0) is 37.1 Å². The molecule has 1 aromatic rings. The highest BCUT2D eigenvalue weighted by Crippen LogP contribution is 2.25. The van der Waals surface area contributed by atoms with Gasteiger partial charge in [0.15, 0.2) is 5.78 Å². The number of Topliss-reactive ketones (excluding diaryl/α,β-unsaturated/α-hetero) is 2. The molecule has 134 valence electrons. The van der Waals surface area contributed by atoms with Crippen molar-refractivity contribution in [2.75, 3.05) is 0 Å². The van der Waals surface area contributed by atoms with Crippen molar-refractivity contribution in [3.05, 3.63) is 77.7 Å². The summed E-state index contributed by atoms with van der Waals surface area (Å²) in [7, 11) is 0. The van der Waals surface area contributed by atoms with Gasteiger partial charge in [-0.25, -0.2) is 0 Å². The normalized spacial score (nSPS) is 15.9. The summed E-state index contributed by atoms with van der Waals surface area (Å²) in [5, 5.41) is 9.25. The van der Waals surface area contributed by atoms with E-state index in [0.29, 0.717) is 17.7 Å². The van der Waals surface area contributed by atoms with Crippen molar-refractivity contribution in [2.24, 2.45) is 0 Å². The Hall–Kier alpha value is -3.08. The number of carbonyl (C=O) groups is 2. The van der Waals surface area contributed by atoms with Gasteiger partial charge in [0.1, 0.15) is 24.0 Å². The summed E-state index contributed by atoms with van der Waals surface area (Å²) < 4.78 is 10.9. The van der Waals surface area contributed by atoms with Crippen LogP contribution in [0.1, 0.15) is 42.5 Å². The Bertz CT molecular complexity index is 809. The third-order valence-corrected chi connectivity index (χ3v) is 4.16. The second-order valence-corrected chi connectivity index (χ2v) is 6.17. The Morgan fingerprint density at radius 1 is 1.04 bits per heavy atom. The van der Waals surface area contributed by atoms with Crippen molar-refractivity contribution < 1.29 is 24.2 Å². The number of hydrogen-bond donors (Lipinski definition) is 1. The van der Waals surface area contributed by atoms with Crippen molar-refractivity contribution in [3.8, 4) is 5.75 Å². The van der Waals surface area contributed by atoms with Crippen LogP contribution >= 0.6 is 0 Å². The fourth-order valence-electron chi connectivity index (χ4n) is 2.73. The van der Waals surface area contributed by atoms with Crippen LogP contribution in [0.3, 0.4) is 0 Å². The molecule has 0 unspecified atom stereocenters. The molecule has 3 rings (SSSR count). The largest absolute Gasteiger partial charge is 0.508 e. The smallest absolute Gasteiger partial charge is 0.204 e. The highest BCUT2D eigenvalue weighted by atomic mass is 16.5. The lowest BCUT2D eigenvalue weighted by molar-refractivity contribution is -0.118. The molecule has 5 heteroatoms. The Balaban J connectivity index is 1.51. The average Bonchev–Trinajstić information content (AvgIpc) is 2.67. The van der Waals surface area contributed by atoms with Crippen LogP contribution in [0, 0.1) is 0 Å². The summed E-state index contributed by atoms with van der Waals surface area (Å²) in [5.74, 6) is 0.361. The lowest BCUT2D eigenvalue weighted by atomic mass is 10.0. The highest BCUT2D eigenvalue weighted by Gasteiger charge is 2.20. The van der Waals surface area contributed by atoms with Crippen LogP contribution in [0.5, 0.6) is 5.75 Å². The van der Waals surface area contributed by atoms with Crippen molar-refractivity contribution in [2.45, 2.75) is 32.1 Å². The molecular formula is C21H20O5. The molecule has 1 N–H and O–H groups in total. The molecule has 1 aliphatic carbocycles. The predicted molar refractivity (Wildman–Crippen MR) is 96.1 cm³/mol. The van der Waals surface area contributed by atoms with Gasteiger partial charge in [-0.1, -0.05) is 23.8 Å². The summed E-state index contributed by atoms with van der Waals surface area (Å²) in [6.07, 6.45) is 11.6. The number of hydrogen-bond acceptors (Lipinski definition) is 5. The summed E-state index contributed by atoms with van der Waals surface area (Å²) in [6.45, 7) is 0. The van der Waals surface area contributed by atoms with E-state index in [1.165, 1.54) is 42.4 Å². The molecule has 2 aliphatic rings. The number of ether oxygens (including phenoxy) is 2. The van der Waals surface area contributed by atoms with Crippen molar-refractivity contribution >= 4 is 11.6 Å². The molecule has 0 fully saturated rings. The van der Waals surface area contributed by atoms with Gasteiger partial charge in [-0.2, -0.15) is 0 Å². The first-order valence-corrected chi connectivity index (χ1v) is 8.54.